The third-order valence-corrected chi connectivity index (χ3v) is 6.18. The molecule has 2 aliphatic rings. The summed E-state index contributed by atoms with van der Waals surface area (Å²) in [5.74, 6) is 1.73. The van der Waals surface area contributed by atoms with Crippen molar-refractivity contribution in [1.29, 1.82) is 0 Å². The lowest BCUT2D eigenvalue weighted by Crippen LogP contribution is -2.45. The molecular formula is C17H26ClN5OS. The van der Waals surface area contributed by atoms with Crippen LogP contribution in [0.15, 0.2) is 0 Å². The van der Waals surface area contributed by atoms with E-state index in [1.807, 2.05) is 11.3 Å². The summed E-state index contributed by atoms with van der Waals surface area (Å²) in [4.78, 5) is 17.0. The highest BCUT2D eigenvalue weighted by atomic mass is 35.5. The maximum absolute atomic E-state index is 9.22. The highest BCUT2D eigenvalue weighted by Crippen LogP contribution is 2.39. The number of anilines is 2. The first-order valence-electron chi connectivity index (χ1n) is 8.87. The number of likely N-dealkylation sites (N-methyl/N-ethyl adjacent to an activating group) is 1. The van der Waals surface area contributed by atoms with Crippen LogP contribution in [0.5, 0.6) is 0 Å². The summed E-state index contributed by atoms with van der Waals surface area (Å²) in [6.07, 6.45) is 4.82. The summed E-state index contributed by atoms with van der Waals surface area (Å²) in [6.45, 7) is 4.66. The Morgan fingerprint density at radius 1 is 1.12 bits per heavy atom. The zero-order chi connectivity index (χ0) is 16.5. The molecule has 1 aliphatic carbocycles. The normalized spacial score (nSPS) is 18.1. The van der Waals surface area contributed by atoms with Crippen LogP contribution < -0.4 is 10.2 Å². The van der Waals surface area contributed by atoms with E-state index in [4.69, 9.17) is 9.97 Å². The van der Waals surface area contributed by atoms with E-state index in [1.54, 1.807) is 0 Å². The number of nitrogens with one attached hydrogen (secondary N) is 1. The molecule has 6 nitrogen and oxygen atoms in total. The molecule has 0 radical (unpaired) electrons. The summed E-state index contributed by atoms with van der Waals surface area (Å²) in [7, 11) is 2.16. The molecule has 0 bridgehead atoms. The number of aliphatic hydroxyl groups excluding tert-OH is 1. The average Bonchev–Trinajstić information content (AvgIpc) is 2.98. The van der Waals surface area contributed by atoms with Crippen LogP contribution in [0.1, 0.15) is 23.3 Å². The Balaban J connectivity index is 0.00000182. The molecule has 2 aromatic rings. The van der Waals surface area contributed by atoms with Crippen LogP contribution in [0.4, 0.5) is 11.8 Å². The molecule has 0 amide bonds. The number of halogens is 1. The van der Waals surface area contributed by atoms with Crippen molar-refractivity contribution in [2.75, 3.05) is 56.6 Å². The maximum Gasteiger partial charge on any atom is 0.228 e. The Labute approximate surface area is 158 Å². The molecule has 1 aliphatic heterocycles. The van der Waals surface area contributed by atoms with Gasteiger partial charge in [-0.3, -0.25) is 0 Å². The molecule has 8 heteroatoms. The number of fused-ring (bicyclic) bond motifs is 3. The van der Waals surface area contributed by atoms with E-state index in [0.717, 1.165) is 49.2 Å². The molecule has 2 N–H and O–H groups in total. The van der Waals surface area contributed by atoms with Gasteiger partial charge in [-0.1, -0.05) is 0 Å². The lowest BCUT2D eigenvalue weighted by molar-refractivity contribution is 0.310. The second-order valence-corrected chi connectivity index (χ2v) is 7.79. The number of piperazine rings is 1. The number of nitrogens with zero attached hydrogens (tertiary/aromatic N) is 4. The van der Waals surface area contributed by atoms with Crippen molar-refractivity contribution < 1.29 is 5.11 Å². The van der Waals surface area contributed by atoms with Gasteiger partial charge in [0, 0.05) is 37.6 Å². The Morgan fingerprint density at radius 3 is 2.64 bits per heavy atom. The van der Waals surface area contributed by atoms with Gasteiger partial charge in [0.15, 0.2) is 0 Å². The predicted molar refractivity (Wildman–Crippen MR) is 107 cm³/mol. The van der Waals surface area contributed by atoms with Crippen molar-refractivity contribution in [2.24, 2.45) is 0 Å². The Bertz CT molecular complexity index is 729. The summed E-state index contributed by atoms with van der Waals surface area (Å²) >= 11 is 1.84. The average molecular weight is 384 g/mol. The first kappa shape index (κ1) is 18.6. The van der Waals surface area contributed by atoms with E-state index in [9.17, 15) is 5.11 Å². The van der Waals surface area contributed by atoms with Crippen LogP contribution in [0.3, 0.4) is 0 Å². The second-order valence-electron chi connectivity index (χ2n) is 6.70. The minimum absolute atomic E-state index is 0. The largest absolute Gasteiger partial charge is 0.395 e. The topological polar surface area (TPSA) is 64.5 Å². The van der Waals surface area contributed by atoms with Crippen LogP contribution in [-0.4, -0.2) is 66.4 Å². The van der Waals surface area contributed by atoms with Gasteiger partial charge in [-0.2, -0.15) is 4.98 Å². The standard InChI is InChI=1S/C17H25N5OS.ClH/c1-21-7-9-22(10-8-21)17-19-15(18-6-11-23)14-12-4-2-3-5-13(12)24-16(14)20-17;/h23H,2-11H2,1H3,(H,18,19,20);1H. The predicted octanol–water partition coefficient (Wildman–Crippen LogP) is 2.15. The van der Waals surface area contributed by atoms with Gasteiger partial charge >= 0.3 is 0 Å². The molecule has 0 aromatic carbocycles. The first-order valence-corrected chi connectivity index (χ1v) is 9.68. The van der Waals surface area contributed by atoms with Crippen molar-refractivity contribution >= 4 is 45.7 Å². The highest BCUT2D eigenvalue weighted by molar-refractivity contribution is 7.19. The van der Waals surface area contributed by atoms with E-state index in [1.165, 1.54) is 35.1 Å². The lowest BCUT2D eigenvalue weighted by atomic mass is 9.97. The number of rotatable bonds is 4. The molecule has 0 atom stereocenters. The van der Waals surface area contributed by atoms with Crippen molar-refractivity contribution in [2.45, 2.75) is 25.7 Å². The van der Waals surface area contributed by atoms with Gasteiger partial charge in [0.25, 0.3) is 0 Å². The zero-order valence-corrected chi connectivity index (χ0v) is 16.3. The smallest absolute Gasteiger partial charge is 0.228 e. The van der Waals surface area contributed by atoms with E-state index in [-0.39, 0.29) is 19.0 Å². The van der Waals surface area contributed by atoms with Gasteiger partial charge in [0.05, 0.1) is 12.0 Å². The quantitative estimate of drug-likeness (QED) is 0.843. The number of hydrogen-bond donors (Lipinski definition) is 2. The molecule has 0 saturated carbocycles. The molecule has 138 valence electrons. The molecular weight excluding hydrogens is 358 g/mol. The Kier molecular flexibility index (Phi) is 5.99. The molecule has 4 rings (SSSR count). The van der Waals surface area contributed by atoms with E-state index in [2.05, 4.69) is 22.2 Å². The second kappa shape index (κ2) is 8.03. The van der Waals surface area contributed by atoms with Crippen molar-refractivity contribution in [3.05, 3.63) is 10.4 Å². The number of aliphatic hydroxyl groups is 1. The summed E-state index contributed by atoms with van der Waals surface area (Å²) in [5, 5.41) is 13.7. The van der Waals surface area contributed by atoms with E-state index >= 15 is 0 Å². The van der Waals surface area contributed by atoms with E-state index < -0.39 is 0 Å². The van der Waals surface area contributed by atoms with Crippen LogP contribution >= 0.6 is 23.7 Å². The van der Waals surface area contributed by atoms with Crippen LogP contribution in [-0.2, 0) is 12.8 Å². The minimum Gasteiger partial charge on any atom is -0.395 e. The first-order chi connectivity index (χ1) is 11.8. The third-order valence-electron chi connectivity index (χ3n) is 4.99. The molecule has 1 saturated heterocycles. The minimum atomic E-state index is 0. The fourth-order valence-corrected chi connectivity index (χ4v) is 4.85. The van der Waals surface area contributed by atoms with Gasteiger partial charge in [-0.25, -0.2) is 4.98 Å². The lowest BCUT2D eigenvalue weighted by Gasteiger charge is -2.32. The Morgan fingerprint density at radius 2 is 1.88 bits per heavy atom. The summed E-state index contributed by atoms with van der Waals surface area (Å²) in [6, 6.07) is 0. The third kappa shape index (κ3) is 3.69. The highest BCUT2D eigenvalue weighted by Gasteiger charge is 2.23. The van der Waals surface area contributed by atoms with Gasteiger partial charge < -0.3 is 20.2 Å². The van der Waals surface area contributed by atoms with Crippen molar-refractivity contribution in [3.8, 4) is 0 Å². The molecule has 2 aromatic heterocycles. The van der Waals surface area contributed by atoms with Gasteiger partial charge in [-0.15, -0.1) is 23.7 Å². The van der Waals surface area contributed by atoms with E-state index in [0.29, 0.717) is 6.54 Å². The van der Waals surface area contributed by atoms with Crippen molar-refractivity contribution in [1.82, 2.24) is 14.9 Å². The summed E-state index contributed by atoms with van der Waals surface area (Å²) < 4.78 is 0. The molecule has 25 heavy (non-hydrogen) atoms. The fourth-order valence-electron chi connectivity index (χ4n) is 3.60. The number of thiophene rings is 1. The summed E-state index contributed by atoms with van der Waals surface area (Å²) in [5.41, 5.74) is 1.44. The number of aromatic nitrogens is 2. The number of aryl methyl sites for hydroxylation is 2. The Hall–Kier alpha value is -1.15. The molecule has 1 fully saturated rings. The van der Waals surface area contributed by atoms with Crippen LogP contribution in [0.2, 0.25) is 0 Å². The van der Waals surface area contributed by atoms with Crippen molar-refractivity contribution in [3.63, 3.8) is 0 Å². The monoisotopic (exact) mass is 383 g/mol. The molecule has 3 heterocycles. The van der Waals surface area contributed by atoms with Gasteiger partial charge in [0.1, 0.15) is 10.6 Å². The van der Waals surface area contributed by atoms with Crippen LogP contribution in [0.25, 0.3) is 10.2 Å². The molecule has 0 unspecified atom stereocenters. The van der Waals surface area contributed by atoms with Crippen LogP contribution in [0, 0.1) is 0 Å². The maximum atomic E-state index is 9.22. The van der Waals surface area contributed by atoms with Gasteiger partial charge in [-0.05, 0) is 38.3 Å². The fraction of sp³-hybridized carbons (Fsp3) is 0.647. The number of hydrogen-bond acceptors (Lipinski definition) is 7. The van der Waals surface area contributed by atoms with Gasteiger partial charge in [0.2, 0.25) is 5.95 Å². The zero-order valence-electron chi connectivity index (χ0n) is 14.6. The SMILES string of the molecule is CN1CCN(c2nc(NCCO)c3c4c(sc3n2)CCCC4)CC1.Cl. The molecule has 0 spiro atoms.